The Morgan fingerprint density at radius 2 is 2.11 bits per heavy atom. The Balaban J connectivity index is 1.92. The molecule has 1 saturated carbocycles. The first-order valence-electron chi connectivity index (χ1n) is 10.5. The zero-order chi connectivity index (χ0) is 19.7. The average Bonchev–Trinajstić information content (AvgIpc) is 2.60. The van der Waals surface area contributed by atoms with Gasteiger partial charge in [-0.25, -0.2) is 0 Å². The zero-order valence-corrected chi connectivity index (χ0v) is 17.4. The van der Waals surface area contributed by atoms with Crippen molar-refractivity contribution in [2.24, 2.45) is 22.2 Å². The normalized spacial score (nSPS) is 33.1. The van der Waals surface area contributed by atoms with Crippen LogP contribution in [-0.2, 0) is 16.7 Å². The van der Waals surface area contributed by atoms with Crippen molar-refractivity contribution in [1.29, 1.82) is 0 Å². The highest BCUT2D eigenvalue weighted by molar-refractivity contribution is 5.67. The van der Waals surface area contributed by atoms with Crippen molar-refractivity contribution in [2.45, 2.75) is 77.2 Å². The fourth-order valence-corrected chi connectivity index (χ4v) is 5.59. The Morgan fingerprint density at radius 1 is 1.33 bits per heavy atom. The molecule has 0 radical (unpaired) electrons. The fourth-order valence-electron chi connectivity index (χ4n) is 5.59. The van der Waals surface area contributed by atoms with E-state index >= 15 is 0 Å². The van der Waals surface area contributed by atoms with Crippen molar-refractivity contribution in [3.8, 4) is 0 Å². The lowest BCUT2D eigenvalue weighted by molar-refractivity contribution is -0.0309. The van der Waals surface area contributed by atoms with Gasteiger partial charge in [0.25, 0.3) is 0 Å². The van der Waals surface area contributed by atoms with Crippen LogP contribution in [0.4, 0.5) is 0 Å². The molecule has 4 atom stereocenters. The largest absolute Gasteiger partial charge is 0.396 e. The number of hydrogen-bond acceptors (Lipinski definition) is 4. The van der Waals surface area contributed by atoms with Gasteiger partial charge in [0, 0.05) is 11.3 Å². The van der Waals surface area contributed by atoms with Gasteiger partial charge in [-0.15, -0.1) is 0 Å². The van der Waals surface area contributed by atoms with Crippen molar-refractivity contribution in [1.82, 2.24) is 0 Å². The van der Waals surface area contributed by atoms with Gasteiger partial charge in [0.15, 0.2) is 0 Å². The first-order valence-corrected chi connectivity index (χ1v) is 10.5. The van der Waals surface area contributed by atoms with E-state index in [0.717, 1.165) is 32.1 Å². The molecule has 2 aliphatic carbocycles. The molecule has 2 aliphatic rings. The number of oxime groups is 1. The van der Waals surface area contributed by atoms with Crippen LogP contribution < -0.4 is 5.73 Å². The molecule has 4 nitrogen and oxygen atoms in total. The van der Waals surface area contributed by atoms with Gasteiger partial charge in [0.05, 0.1) is 12.3 Å². The predicted molar refractivity (Wildman–Crippen MR) is 111 cm³/mol. The molecule has 3 rings (SSSR count). The van der Waals surface area contributed by atoms with Gasteiger partial charge in [-0.05, 0) is 60.3 Å². The third kappa shape index (κ3) is 3.79. The maximum Gasteiger partial charge on any atom is 0.118 e. The van der Waals surface area contributed by atoms with Gasteiger partial charge in [-0.2, -0.15) is 0 Å². The van der Waals surface area contributed by atoms with Crippen molar-refractivity contribution < 1.29 is 9.94 Å². The molecule has 3 N–H and O–H groups in total. The highest BCUT2D eigenvalue weighted by Gasteiger charge is 2.55. The standard InChI is InChI=1S/C23H36N2O2/c1-16(2)17-7-8-19-18(13-17)14-20(26)21-22(3,9-5-10-23(19,21)4)15-25-27-12-6-11-24/h7-8,13,15-16,20-21,26H,5-6,9-12,14,24H2,1-4H3/t20?,21?,22-,23-/m1/s1. The van der Waals surface area contributed by atoms with Crippen LogP contribution in [0.25, 0.3) is 0 Å². The van der Waals surface area contributed by atoms with Crippen LogP contribution in [0.15, 0.2) is 23.4 Å². The molecule has 0 saturated heterocycles. The van der Waals surface area contributed by atoms with Crippen LogP contribution in [0.3, 0.4) is 0 Å². The topological polar surface area (TPSA) is 67.8 Å². The van der Waals surface area contributed by atoms with E-state index in [2.05, 4.69) is 51.0 Å². The van der Waals surface area contributed by atoms with Gasteiger partial charge in [-0.3, -0.25) is 0 Å². The van der Waals surface area contributed by atoms with E-state index in [4.69, 9.17) is 10.6 Å². The second-order valence-corrected chi connectivity index (χ2v) is 9.31. The first kappa shape index (κ1) is 20.3. The summed E-state index contributed by atoms with van der Waals surface area (Å²) in [5.41, 5.74) is 9.43. The van der Waals surface area contributed by atoms with E-state index in [1.807, 2.05) is 6.21 Å². The third-order valence-electron chi connectivity index (χ3n) is 6.90. The lowest BCUT2D eigenvalue weighted by Crippen LogP contribution is -2.56. The lowest BCUT2D eigenvalue weighted by Gasteiger charge is -2.56. The van der Waals surface area contributed by atoms with Crippen LogP contribution in [-0.4, -0.2) is 30.6 Å². The number of rotatable bonds is 6. The fraction of sp³-hybridized carbons (Fsp3) is 0.696. The van der Waals surface area contributed by atoms with E-state index in [0.29, 0.717) is 19.1 Å². The third-order valence-corrected chi connectivity index (χ3v) is 6.90. The van der Waals surface area contributed by atoms with E-state index in [1.54, 1.807) is 0 Å². The van der Waals surface area contributed by atoms with Crippen molar-refractivity contribution in [3.63, 3.8) is 0 Å². The average molecular weight is 373 g/mol. The Labute approximate surface area is 164 Å². The summed E-state index contributed by atoms with van der Waals surface area (Å²) in [6, 6.07) is 6.92. The summed E-state index contributed by atoms with van der Waals surface area (Å²) in [4.78, 5) is 5.41. The summed E-state index contributed by atoms with van der Waals surface area (Å²) in [7, 11) is 0. The van der Waals surface area contributed by atoms with Gasteiger partial charge >= 0.3 is 0 Å². The van der Waals surface area contributed by atoms with Crippen LogP contribution in [0.1, 0.15) is 76.0 Å². The van der Waals surface area contributed by atoms with Crippen molar-refractivity contribution >= 4 is 6.21 Å². The Morgan fingerprint density at radius 3 is 2.81 bits per heavy atom. The molecule has 1 fully saturated rings. The molecule has 2 unspecified atom stereocenters. The second kappa shape index (κ2) is 7.92. The SMILES string of the molecule is CC(C)c1ccc2c(c1)CC(O)C1[C@@](C)(C=NOCCCN)CCC[C@]21C. The molecule has 1 aromatic carbocycles. The van der Waals surface area contributed by atoms with E-state index in [-0.39, 0.29) is 22.9 Å². The monoisotopic (exact) mass is 372 g/mol. The Bertz CT molecular complexity index is 687. The van der Waals surface area contributed by atoms with Gasteiger partial charge in [-0.1, -0.05) is 57.5 Å². The molecular weight excluding hydrogens is 336 g/mol. The first-order chi connectivity index (χ1) is 12.8. The molecule has 0 heterocycles. The number of nitrogens with zero attached hydrogens (tertiary/aromatic N) is 1. The Kier molecular flexibility index (Phi) is 5.97. The molecule has 1 aromatic rings. The minimum absolute atomic E-state index is 0.0290. The summed E-state index contributed by atoms with van der Waals surface area (Å²) in [5, 5.41) is 15.5. The number of aliphatic hydroxyl groups excluding tert-OH is 1. The van der Waals surface area contributed by atoms with Crippen LogP contribution in [0, 0.1) is 11.3 Å². The quantitative estimate of drug-likeness (QED) is 0.448. The van der Waals surface area contributed by atoms with E-state index in [9.17, 15) is 5.11 Å². The molecule has 0 amide bonds. The summed E-state index contributed by atoms with van der Waals surface area (Å²) < 4.78 is 0. The van der Waals surface area contributed by atoms with E-state index < -0.39 is 0 Å². The number of benzene rings is 1. The molecule has 0 aromatic heterocycles. The minimum Gasteiger partial charge on any atom is -0.396 e. The summed E-state index contributed by atoms with van der Waals surface area (Å²) in [6.07, 6.45) is 6.43. The smallest absolute Gasteiger partial charge is 0.118 e. The minimum atomic E-state index is -0.356. The summed E-state index contributed by atoms with van der Waals surface area (Å²) >= 11 is 0. The lowest BCUT2D eigenvalue weighted by atomic mass is 9.49. The molecule has 0 spiro atoms. The number of hydrogen-bond donors (Lipinski definition) is 2. The maximum absolute atomic E-state index is 11.2. The van der Waals surface area contributed by atoms with Crippen molar-refractivity contribution in [2.75, 3.05) is 13.2 Å². The van der Waals surface area contributed by atoms with Crippen LogP contribution in [0.5, 0.6) is 0 Å². The molecule has 150 valence electrons. The molecule has 4 heteroatoms. The molecule has 0 bridgehead atoms. The van der Waals surface area contributed by atoms with Crippen LogP contribution >= 0.6 is 0 Å². The predicted octanol–water partition coefficient (Wildman–Crippen LogP) is 4.14. The zero-order valence-electron chi connectivity index (χ0n) is 17.4. The number of nitrogens with two attached hydrogens (primary N) is 1. The van der Waals surface area contributed by atoms with Crippen LogP contribution in [0.2, 0.25) is 0 Å². The number of aliphatic hydroxyl groups is 1. The molecular formula is C23H36N2O2. The van der Waals surface area contributed by atoms with Gasteiger partial charge in [0.1, 0.15) is 6.61 Å². The highest BCUT2D eigenvalue weighted by atomic mass is 16.6. The molecule has 0 aliphatic heterocycles. The van der Waals surface area contributed by atoms with Gasteiger partial charge < -0.3 is 15.7 Å². The Hall–Kier alpha value is -1.39. The van der Waals surface area contributed by atoms with Gasteiger partial charge in [0.2, 0.25) is 0 Å². The second-order valence-electron chi connectivity index (χ2n) is 9.31. The maximum atomic E-state index is 11.2. The highest BCUT2D eigenvalue weighted by Crippen LogP contribution is 2.56. The van der Waals surface area contributed by atoms with E-state index in [1.165, 1.54) is 16.7 Å². The summed E-state index contributed by atoms with van der Waals surface area (Å²) in [6.45, 7) is 10.2. The number of fused-ring (bicyclic) bond motifs is 3. The summed E-state index contributed by atoms with van der Waals surface area (Å²) in [5.74, 6) is 0.658. The molecule has 27 heavy (non-hydrogen) atoms. The van der Waals surface area contributed by atoms with Crippen molar-refractivity contribution in [3.05, 3.63) is 34.9 Å².